The third-order valence-electron chi connectivity index (χ3n) is 2.88. The maximum atomic E-state index is 5.98. The van der Waals surface area contributed by atoms with Crippen LogP contribution in [0, 0.1) is 0 Å². The van der Waals surface area contributed by atoms with E-state index < -0.39 is 0 Å². The van der Waals surface area contributed by atoms with Crippen LogP contribution in [0.2, 0.25) is 5.02 Å². The molecule has 0 aliphatic rings. The smallest absolute Gasteiger partial charge is 0.0412 e. The molecule has 2 rings (SSSR count). The van der Waals surface area contributed by atoms with Crippen molar-refractivity contribution in [3.8, 4) is 11.1 Å². The van der Waals surface area contributed by atoms with Crippen LogP contribution in [0.3, 0.4) is 0 Å². The molecule has 2 aromatic rings. The Balaban J connectivity index is 2.32. The minimum absolute atomic E-state index is 0.768. The molecule has 0 spiro atoms. The van der Waals surface area contributed by atoms with Crippen molar-refractivity contribution >= 4 is 17.2 Å². The Hall–Kier alpha value is -1.53. The Morgan fingerprint density at radius 3 is 2.35 bits per heavy atom. The van der Waals surface area contributed by atoms with E-state index in [1.165, 1.54) is 16.7 Å². The normalized spacial score (nSPS) is 10.2. The predicted molar refractivity (Wildman–Crippen MR) is 76.2 cm³/mol. The average molecular weight is 243 g/mol. The molecule has 2 aromatic carbocycles. The highest BCUT2D eigenvalue weighted by atomic mass is 35.5. The second-order valence-electron chi connectivity index (χ2n) is 4.04. The van der Waals surface area contributed by atoms with Gasteiger partial charge in [-0.15, -0.1) is 0 Å². The van der Waals surface area contributed by atoms with Crippen molar-refractivity contribution in [2.45, 2.75) is 13.3 Å². The van der Waals surface area contributed by atoms with Gasteiger partial charge in [0.25, 0.3) is 0 Å². The van der Waals surface area contributed by atoms with Crippen LogP contribution in [0.1, 0.15) is 18.9 Å². The quantitative estimate of drug-likeness (QED) is 0.673. The second kappa shape index (κ2) is 5.20. The van der Waals surface area contributed by atoms with Gasteiger partial charge in [0, 0.05) is 5.02 Å². The van der Waals surface area contributed by atoms with Gasteiger partial charge in [-0.25, -0.2) is 0 Å². The van der Waals surface area contributed by atoms with Crippen LogP contribution in [0.25, 0.3) is 16.7 Å². The Labute approximate surface area is 108 Å². The zero-order valence-electron chi connectivity index (χ0n) is 9.91. The minimum atomic E-state index is 0.768. The van der Waals surface area contributed by atoms with E-state index in [2.05, 4.69) is 43.8 Å². The third kappa shape index (κ3) is 2.78. The summed E-state index contributed by atoms with van der Waals surface area (Å²) in [6.07, 6.45) is 0.983. The van der Waals surface area contributed by atoms with Crippen molar-refractivity contribution in [3.63, 3.8) is 0 Å². The molecule has 0 atom stereocenters. The fourth-order valence-corrected chi connectivity index (χ4v) is 1.96. The van der Waals surface area contributed by atoms with Gasteiger partial charge in [0.2, 0.25) is 0 Å². The van der Waals surface area contributed by atoms with E-state index in [0.29, 0.717) is 0 Å². The largest absolute Gasteiger partial charge is 0.0952 e. The van der Waals surface area contributed by atoms with Crippen molar-refractivity contribution in [3.05, 3.63) is 65.7 Å². The molecule has 0 unspecified atom stereocenters. The van der Waals surface area contributed by atoms with Gasteiger partial charge in [0.15, 0.2) is 0 Å². The molecule has 0 amide bonds. The van der Waals surface area contributed by atoms with E-state index in [4.69, 9.17) is 11.6 Å². The zero-order valence-corrected chi connectivity index (χ0v) is 10.7. The molecular formula is C16H15Cl. The molecule has 0 N–H and O–H groups in total. The lowest BCUT2D eigenvalue weighted by Crippen LogP contribution is -1.82. The number of allylic oxidation sites excluding steroid dienone is 1. The second-order valence-corrected chi connectivity index (χ2v) is 4.48. The lowest BCUT2D eigenvalue weighted by Gasteiger charge is -2.06. The first-order chi connectivity index (χ1) is 8.20. The molecule has 0 aliphatic carbocycles. The van der Waals surface area contributed by atoms with Gasteiger partial charge in [-0.2, -0.15) is 0 Å². The number of rotatable bonds is 3. The van der Waals surface area contributed by atoms with Crippen molar-refractivity contribution in [2.24, 2.45) is 0 Å². The minimum Gasteiger partial charge on any atom is -0.0952 e. The summed E-state index contributed by atoms with van der Waals surface area (Å²) in [6, 6.07) is 16.4. The zero-order chi connectivity index (χ0) is 12.3. The van der Waals surface area contributed by atoms with Crippen LogP contribution in [-0.2, 0) is 0 Å². The summed E-state index contributed by atoms with van der Waals surface area (Å²) >= 11 is 5.98. The summed E-state index contributed by atoms with van der Waals surface area (Å²) < 4.78 is 0. The lowest BCUT2D eigenvalue weighted by molar-refractivity contribution is 1.24. The standard InChI is InChI=1S/C16H15Cl/c1-3-12(2)13-7-9-14(10-8-13)15-5-4-6-16(17)11-15/h4-11H,2-3H2,1H3. The van der Waals surface area contributed by atoms with Gasteiger partial charge < -0.3 is 0 Å². The molecule has 0 heterocycles. The highest BCUT2D eigenvalue weighted by Gasteiger charge is 2.00. The van der Waals surface area contributed by atoms with Crippen molar-refractivity contribution in [1.29, 1.82) is 0 Å². The molecule has 0 saturated heterocycles. The van der Waals surface area contributed by atoms with Gasteiger partial charge in [-0.1, -0.05) is 61.5 Å². The van der Waals surface area contributed by atoms with Crippen LogP contribution in [0.5, 0.6) is 0 Å². The SMILES string of the molecule is C=C(CC)c1ccc(-c2cccc(Cl)c2)cc1. The van der Waals surface area contributed by atoms with Gasteiger partial charge in [0.05, 0.1) is 0 Å². The van der Waals surface area contributed by atoms with Crippen LogP contribution in [0.15, 0.2) is 55.1 Å². The van der Waals surface area contributed by atoms with Gasteiger partial charge in [-0.05, 0) is 40.8 Å². The molecular weight excluding hydrogens is 228 g/mol. The first-order valence-electron chi connectivity index (χ1n) is 5.75. The molecule has 0 aromatic heterocycles. The summed E-state index contributed by atoms with van der Waals surface area (Å²) in [7, 11) is 0. The molecule has 1 heteroatoms. The number of benzene rings is 2. The van der Waals surface area contributed by atoms with Crippen LogP contribution >= 0.6 is 11.6 Å². The molecule has 0 bridgehead atoms. The maximum Gasteiger partial charge on any atom is 0.0412 e. The average Bonchev–Trinajstić information content (AvgIpc) is 2.38. The molecule has 0 nitrogen and oxygen atoms in total. The van der Waals surface area contributed by atoms with E-state index in [9.17, 15) is 0 Å². The predicted octanol–water partition coefficient (Wildman–Crippen LogP) is 5.43. The number of hydrogen-bond acceptors (Lipinski definition) is 0. The van der Waals surface area contributed by atoms with E-state index in [-0.39, 0.29) is 0 Å². The summed E-state index contributed by atoms with van der Waals surface area (Å²) in [6.45, 7) is 6.16. The molecule has 0 radical (unpaired) electrons. The molecule has 0 aliphatic heterocycles. The highest BCUT2D eigenvalue weighted by Crippen LogP contribution is 2.25. The van der Waals surface area contributed by atoms with Crippen LogP contribution in [0.4, 0.5) is 0 Å². The third-order valence-corrected chi connectivity index (χ3v) is 3.11. The van der Waals surface area contributed by atoms with Crippen molar-refractivity contribution < 1.29 is 0 Å². The summed E-state index contributed by atoms with van der Waals surface area (Å²) in [4.78, 5) is 0. The number of hydrogen-bond donors (Lipinski definition) is 0. The monoisotopic (exact) mass is 242 g/mol. The van der Waals surface area contributed by atoms with Crippen molar-refractivity contribution in [1.82, 2.24) is 0 Å². The van der Waals surface area contributed by atoms with E-state index in [1.807, 2.05) is 18.2 Å². The molecule has 86 valence electrons. The van der Waals surface area contributed by atoms with E-state index in [1.54, 1.807) is 0 Å². The van der Waals surface area contributed by atoms with Crippen LogP contribution in [-0.4, -0.2) is 0 Å². The lowest BCUT2D eigenvalue weighted by atomic mass is 10.0. The molecule has 0 saturated carbocycles. The highest BCUT2D eigenvalue weighted by molar-refractivity contribution is 6.30. The summed E-state index contributed by atoms with van der Waals surface area (Å²) in [5, 5.41) is 0.768. The fraction of sp³-hybridized carbons (Fsp3) is 0.125. The summed E-state index contributed by atoms with van der Waals surface area (Å²) in [5.41, 5.74) is 4.70. The molecule has 0 fully saturated rings. The summed E-state index contributed by atoms with van der Waals surface area (Å²) in [5.74, 6) is 0. The first-order valence-corrected chi connectivity index (χ1v) is 6.12. The van der Waals surface area contributed by atoms with Crippen LogP contribution < -0.4 is 0 Å². The Morgan fingerprint density at radius 1 is 1.06 bits per heavy atom. The van der Waals surface area contributed by atoms with E-state index in [0.717, 1.165) is 17.0 Å². The van der Waals surface area contributed by atoms with E-state index >= 15 is 0 Å². The van der Waals surface area contributed by atoms with Crippen molar-refractivity contribution in [2.75, 3.05) is 0 Å². The Kier molecular flexibility index (Phi) is 3.65. The Bertz CT molecular complexity index is 523. The van der Waals surface area contributed by atoms with Gasteiger partial charge >= 0.3 is 0 Å². The molecule has 17 heavy (non-hydrogen) atoms. The van der Waals surface area contributed by atoms with Gasteiger partial charge in [0.1, 0.15) is 0 Å². The van der Waals surface area contributed by atoms with Gasteiger partial charge in [-0.3, -0.25) is 0 Å². The Morgan fingerprint density at radius 2 is 1.76 bits per heavy atom. The number of halogens is 1. The fourth-order valence-electron chi connectivity index (χ4n) is 1.77. The first kappa shape index (κ1) is 11.9. The topological polar surface area (TPSA) is 0 Å². The maximum absolute atomic E-state index is 5.98.